The minimum absolute atomic E-state index is 0.421. The Kier molecular flexibility index (Phi) is 6.85. The van der Waals surface area contributed by atoms with Crippen LogP contribution in [0.4, 0.5) is 5.69 Å². The smallest absolute Gasteiger partial charge is 0.224 e. The predicted molar refractivity (Wildman–Crippen MR) is 104 cm³/mol. The Hall–Kier alpha value is -2.51. The van der Waals surface area contributed by atoms with Crippen molar-refractivity contribution < 1.29 is 9.47 Å². The van der Waals surface area contributed by atoms with Crippen molar-refractivity contribution in [3.8, 4) is 11.6 Å². The quantitative estimate of drug-likeness (QED) is 0.479. The van der Waals surface area contributed by atoms with Gasteiger partial charge in [0.05, 0.1) is 18.0 Å². The zero-order valence-electron chi connectivity index (χ0n) is 14.3. The molecule has 6 nitrogen and oxygen atoms in total. The summed E-state index contributed by atoms with van der Waals surface area (Å²) >= 11 is 3.03. The monoisotopic (exact) mass is 358 g/mol. The van der Waals surface area contributed by atoms with Crippen LogP contribution in [0.5, 0.6) is 11.6 Å². The van der Waals surface area contributed by atoms with Crippen LogP contribution in [0.1, 0.15) is 18.1 Å². The first-order valence-electron chi connectivity index (χ1n) is 7.76. The summed E-state index contributed by atoms with van der Waals surface area (Å²) in [6.07, 6.45) is 2.40. The molecule has 4 N–H and O–H groups in total. The summed E-state index contributed by atoms with van der Waals surface area (Å²) in [7, 11) is 1.67. The molecule has 0 amide bonds. The number of thiol groups is 1. The molecule has 0 atom stereocenters. The van der Waals surface area contributed by atoms with Crippen LogP contribution in [0.25, 0.3) is 10.9 Å². The number of aromatic nitrogens is 2. The van der Waals surface area contributed by atoms with Crippen molar-refractivity contribution in [1.29, 1.82) is 0 Å². The van der Waals surface area contributed by atoms with Gasteiger partial charge in [-0.15, -0.1) is 12.8 Å². The van der Waals surface area contributed by atoms with Crippen LogP contribution in [-0.2, 0) is 13.0 Å². The number of hydrogen-bond donors (Lipinski definition) is 3. The molecule has 0 aliphatic rings. The number of nitrogens with zero attached hydrogens (tertiary/aromatic N) is 2. The number of nitrogen functional groups attached to an aromatic ring is 1. The molecule has 1 heterocycles. The van der Waals surface area contributed by atoms with E-state index in [-0.39, 0.29) is 0 Å². The third-order valence-corrected chi connectivity index (χ3v) is 3.74. The number of methoxy groups -OCH3 is 1. The van der Waals surface area contributed by atoms with Crippen LogP contribution in [0.3, 0.4) is 0 Å². The summed E-state index contributed by atoms with van der Waals surface area (Å²) in [6.45, 7) is 2.51. The van der Waals surface area contributed by atoms with Crippen molar-refractivity contribution in [3.63, 3.8) is 0 Å². The Morgan fingerprint density at radius 2 is 1.80 bits per heavy atom. The standard InChI is InChI=1S/C18H19N3O2.H3NS/c1-3-13-8-16-15(9-17(13)22-2)18(21-11-20-16)23-10-12-4-6-14(19)7-5-12;1-2/h4-9,11H,3,10,19H2,1-2H3;2H,1H2. The number of rotatable bonds is 5. The molecule has 0 aliphatic heterocycles. The summed E-state index contributed by atoms with van der Waals surface area (Å²) in [6, 6.07) is 11.5. The van der Waals surface area contributed by atoms with E-state index < -0.39 is 0 Å². The van der Waals surface area contributed by atoms with E-state index in [0.717, 1.165) is 39.9 Å². The normalized spacial score (nSPS) is 10.1. The molecule has 3 aromatic rings. The Labute approximate surface area is 152 Å². The number of ether oxygens (including phenoxy) is 2. The summed E-state index contributed by atoms with van der Waals surface area (Å²) in [5, 5.41) is 5.04. The first kappa shape index (κ1) is 18.8. The van der Waals surface area contributed by atoms with E-state index in [0.29, 0.717) is 12.5 Å². The van der Waals surface area contributed by atoms with Gasteiger partial charge in [0.25, 0.3) is 0 Å². The van der Waals surface area contributed by atoms with Gasteiger partial charge in [0.15, 0.2) is 0 Å². The molecule has 7 heteroatoms. The Morgan fingerprint density at radius 1 is 1.08 bits per heavy atom. The molecule has 0 saturated carbocycles. The van der Waals surface area contributed by atoms with E-state index in [4.69, 9.17) is 15.2 Å². The van der Waals surface area contributed by atoms with Gasteiger partial charge in [0.1, 0.15) is 18.7 Å². The van der Waals surface area contributed by atoms with Crippen molar-refractivity contribution in [1.82, 2.24) is 9.97 Å². The number of hydrogen-bond acceptors (Lipinski definition) is 7. The molecule has 2 aromatic carbocycles. The fourth-order valence-electron chi connectivity index (χ4n) is 2.45. The van der Waals surface area contributed by atoms with E-state index in [1.807, 2.05) is 36.4 Å². The summed E-state index contributed by atoms with van der Waals surface area (Å²) in [4.78, 5) is 8.59. The Morgan fingerprint density at radius 3 is 2.44 bits per heavy atom. The maximum Gasteiger partial charge on any atom is 0.224 e. The highest BCUT2D eigenvalue weighted by Crippen LogP contribution is 2.30. The van der Waals surface area contributed by atoms with Gasteiger partial charge in [-0.1, -0.05) is 19.1 Å². The van der Waals surface area contributed by atoms with Crippen LogP contribution in [0.15, 0.2) is 42.7 Å². The molecular formula is C18H22N4O2S. The molecule has 132 valence electrons. The second-order valence-electron chi connectivity index (χ2n) is 5.24. The largest absolute Gasteiger partial charge is 0.496 e. The average Bonchev–Trinajstić information content (AvgIpc) is 2.68. The maximum atomic E-state index is 5.87. The van der Waals surface area contributed by atoms with E-state index in [2.05, 4.69) is 34.8 Å². The van der Waals surface area contributed by atoms with Crippen LogP contribution in [0, 0.1) is 0 Å². The van der Waals surface area contributed by atoms with Gasteiger partial charge in [-0.3, -0.25) is 5.14 Å². The number of nitrogens with two attached hydrogens (primary N) is 2. The summed E-state index contributed by atoms with van der Waals surface area (Å²) in [5.74, 6) is 1.37. The maximum absolute atomic E-state index is 5.87. The predicted octanol–water partition coefficient (Wildman–Crippen LogP) is 3.15. The first-order valence-corrected chi connectivity index (χ1v) is 8.27. The third-order valence-electron chi connectivity index (χ3n) is 3.74. The number of fused-ring (bicyclic) bond motifs is 1. The number of benzene rings is 2. The van der Waals surface area contributed by atoms with Gasteiger partial charge in [-0.05, 0) is 41.8 Å². The zero-order valence-corrected chi connectivity index (χ0v) is 15.2. The van der Waals surface area contributed by atoms with Gasteiger partial charge in [0, 0.05) is 5.69 Å². The average molecular weight is 358 g/mol. The van der Waals surface area contributed by atoms with Crippen LogP contribution < -0.4 is 20.3 Å². The second kappa shape index (κ2) is 9.10. The molecule has 0 radical (unpaired) electrons. The van der Waals surface area contributed by atoms with Gasteiger partial charge in [-0.25, -0.2) is 9.97 Å². The third kappa shape index (κ3) is 4.52. The van der Waals surface area contributed by atoms with Crippen molar-refractivity contribution in [2.45, 2.75) is 20.0 Å². The molecule has 0 aliphatic carbocycles. The highest BCUT2D eigenvalue weighted by atomic mass is 32.1. The van der Waals surface area contributed by atoms with E-state index >= 15 is 0 Å². The highest BCUT2D eigenvalue weighted by Gasteiger charge is 2.10. The molecule has 0 unspecified atom stereocenters. The first-order chi connectivity index (χ1) is 12.2. The van der Waals surface area contributed by atoms with Gasteiger partial charge in [-0.2, -0.15) is 0 Å². The SMILES string of the molecule is CCc1cc2ncnc(OCc3ccc(N)cc3)c2cc1OC.NS. The lowest BCUT2D eigenvalue weighted by Crippen LogP contribution is -2.00. The molecule has 0 saturated heterocycles. The van der Waals surface area contributed by atoms with Crippen LogP contribution >= 0.6 is 12.8 Å². The molecule has 0 fully saturated rings. The lowest BCUT2D eigenvalue weighted by Gasteiger charge is -2.11. The lowest BCUT2D eigenvalue weighted by atomic mass is 10.1. The van der Waals surface area contributed by atoms with Crippen LogP contribution in [0.2, 0.25) is 0 Å². The molecule has 0 spiro atoms. The summed E-state index contributed by atoms with van der Waals surface area (Å²) < 4.78 is 11.3. The fraction of sp³-hybridized carbons (Fsp3) is 0.222. The Bertz CT molecular complexity index is 825. The van der Waals surface area contributed by atoms with Gasteiger partial charge < -0.3 is 15.2 Å². The van der Waals surface area contributed by atoms with Crippen LogP contribution in [-0.4, -0.2) is 17.1 Å². The number of aryl methyl sites for hydroxylation is 1. The van der Waals surface area contributed by atoms with E-state index in [9.17, 15) is 0 Å². The Balaban J connectivity index is 0.00000109. The molecule has 3 rings (SSSR count). The highest BCUT2D eigenvalue weighted by molar-refractivity contribution is 7.77. The second-order valence-corrected chi connectivity index (χ2v) is 5.24. The molecule has 25 heavy (non-hydrogen) atoms. The van der Waals surface area contributed by atoms with Crippen molar-refractivity contribution in [2.75, 3.05) is 12.8 Å². The van der Waals surface area contributed by atoms with Gasteiger partial charge >= 0.3 is 0 Å². The summed E-state index contributed by atoms with van der Waals surface area (Å²) in [5.41, 5.74) is 9.42. The molecule has 1 aromatic heterocycles. The molecular weight excluding hydrogens is 336 g/mol. The van der Waals surface area contributed by atoms with E-state index in [1.165, 1.54) is 6.33 Å². The zero-order chi connectivity index (χ0) is 18.2. The minimum atomic E-state index is 0.421. The van der Waals surface area contributed by atoms with Crippen molar-refractivity contribution >= 4 is 29.4 Å². The van der Waals surface area contributed by atoms with Crippen molar-refractivity contribution in [2.24, 2.45) is 5.14 Å². The van der Waals surface area contributed by atoms with Crippen molar-refractivity contribution in [3.05, 3.63) is 53.9 Å². The number of anilines is 1. The molecule has 0 bridgehead atoms. The lowest BCUT2D eigenvalue weighted by molar-refractivity contribution is 0.297. The fourth-order valence-corrected chi connectivity index (χ4v) is 2.45. The minimum Gasteiger partial charge on any atom is -0.496 e. The van der Waals surface area contributed by atoms with E-state index in [1.54, 1.807) is 7.11 Å². The van der Waals surface area contributed by atoms with Gasteiger partial charge in [0.2, 0.25) is 5.88 Å². The topological polar surface area (TPSA) is 96.3 Å².